The van der Waals surface area contributed by atoms with Crippen molar-refractivity contribution in [3.05, 3.63) is 125 Å². The fraction of sp³-hybridized carbons (Fsp3) is 0.0667. The second kappa shape index (κ2) is 12.4. The SMILES string of the molecule is Br.CCOc1ccc(N=c2scc(-c3ccc(-c4ccccc4)cc3)n2N=Cc2ccccc2F)cc1. The maximum Gasteiger partial charge on any atom is 0.211 e. The van der Waals surface area contributed by atoms with Gasteiger partial charge in [0.15, 0.2) is 0 Å². The molecule has 5 rings (SSSR count). The van der Waals surface area contributed by atoms with Crippen molar-refractivity contribution in [1.82, 2.24) is 4.68 Å². The third kappa shape index (κ3) is 6.31. The van der Waals surface area contributed by atoms with Crippen LogP contribution in [0.5, 0.6) is 5.75 Å². The van der Waals surface area contributed by atoms with Gasteiger partial charge in [-0.15, -0.1) is 28.3 Å². The summed E-state index contributed by atoms with van der Waals surface area (Å²) >= 11 is 1.48. The molecule has 1 aromatic heterocycles. The number of hydrogen-bond donors (Lipinski definition) is 0. The Kier molecular flexibility index (Phi) is 8.82. The average Bonchev–Trinajstić information content (AvgIpc) is 3.32. The Hall–Kier alpha value is -3.81. The number of thiazole rings is 1. The average molecular weight is 575 g/mol. The van der Waals surface area contributed by atoms with Gasteiger partial charge in [-0.2, -0.15) is 5.10 Å². The first-order valence-electron chi connectivity index (χ1n) is 11.6. The maximum absolute atomic E-state index is 14.3. The molecule has 0 amide bonds. The van der Waals surface area contributed by atoms with E-state index in [1.807, 2.05) is 54.8 Å². The molecule has 4 nitrogen and oxygen atoms in total. The summed E-state index contributed by atoms with van der Waals surface area (Å²) in [4.78, 5) is 5.48. The molecule has 0 radical (unpaired) electrons. The van der Waals surface area contributed by atoms with Crippen molar-refractivity contribution >= 4 is 40.2 Å². The lowest BCUT2D eigenvalue weighted by molar-refractivity contribution is 0.340. The van der Waals surface area contributed by atoms with Gasteiger partial charge in [0.2, 0.25) is 4.80 Å². The van der Waals surface area contributed by atoms with Crippen LogP contribution in [0.25, 0.3) is 22.4 Å². The molecule has 186 valence electrons. The van der Waals surface area contributed by atoms with Crippen molar-refractivity contribution in [3.8, 4) is 28.1 Å². The number of rotatable bonds is 7. The molecule has 1 heterocycles. The molecule has 0 N–H and O–H groups in total. The Morgan fingerprint density at radius 1 is 0.811 bits per heavy atom. The molecule has 0 saturated heterocycles. The largest absolute Gasteiger partial charge is 0.494 e. The fourth-order valence-corrected chi connectivity index (χ4v) is 4.60. The first-order valence-corrected chi connectivity index (χ1v) is 12.5. The fourth-order valence-electron chi connectivity index (χ4n) is 3.74. The summed E-state index contributed by atoms with van der Waals surface area (Å²) in [6, 6.07) is 32.8. The van der Waals surface area contributed by atoms with E-state index in [0.717, 1.165) is 33.8 Å². The summed E-state index contributed by atoms with van der Waals surface area (Å²) in [7, 11) is 0. The molecule has 7 heteroatoms. The van der Waals surface area contributed by atoms with Crippen LogP contribution in [0.4, 0.5) is 10.1 Å². The van der Waals surface area contributed by atoms with Gasteiger partial charge in [-0.25, -0.2) is 14.1 Å². The number of ether oxygens (including phenoxy) is 1. The third-order valence-corrected chi connectivity index (χ3v) is 6.38. The standard InChI is InChI=1S/C30H24FN3OS.BrH/c1-2-35-27-18-16-26(17-19-27)33-30-34(32-20-25-10-6-7-11-28(25)31)29(21-36-30)24-14-12-23(13-15-24)22-8-4-3-5-9-22;/h3-21H,2H2,1H3;1H. The zero-order chi connectivity index (χ0) is 24.7. The van der Waals surface area contributed by atoms with Gasteiger partial charge in [-0.1, -0.05) is 72.8 Å². The van der Waals surface area contributed by atoms with Gasteiger partial charge in [0.1, 0.15) is 11.6 Å². The highest BCUT2D eigenvalue weighted by atomic mass is 79.9. The highest BCUT2D eigenvalue weighted by Crippen LogP contribution is 2.26. The van der Waals surface area contributed by atoms with Crippen LogP contribution >= 0.6 is 28.3 Å². The molecule has 0 aliphatic carbocycles. The minimum Gasteiger partial charge on any atom is -0.494 e. The summed E-state index contributed by atoms with van der Waals surface area (Å²) in [5.41, 5.74) is 5.35. The molecule has 0 fully saturated rings. The summed E-state index contributed by atoms with van der Waals surface area (Å²) in [5.74, 6) is 0.475. The van der Waals surface area contributed by atoms with Crippen molar-refractivity contribution in [3.63, 3.8) is 0 Å². The number of aromatic nitrogens is 1. The molecule has 0 atom stereocenters. The Morgan fingerprint density at radius 2 is 1.46 bits per heavy atom. The minimum atomic E-state index is -0.323. The molecule has 4 aromatic carbocycles. The van der Waals surface area contributed by atoms with E-state index >= 15 is 0 Å². The highest BCUT2D eigenvalue weighted by molar-refractivity contribution is 8.93. The Bertz CT molecular complexity index is 1540. The van der Waals surface area contributed by atoms with Crippen LogP contribution in [0.1, 0.15) is 12.5 Å². The zero-order valence-corrected chi connectivity index (χ0v) is 22.7. The molecular formula is C30H25BrFN3OS. The molecule has 0 spiro atoms. The van der Waals surface area contributed by atoms with Gasteiger partial charge in [-0.05, 0) is 48.4 Å². The summed E-state index contributed by atoms with van der Waals surface area (Å²) in [6.07, 6.45) is 1.53. The Balaban J connectivity index is 0.00000320. The first kappa shape index (κ1) is 26.3. The van der Waals surface area contributed by atoms with E-state index < -0.39 is 0 Å². The predicted molar refractivity (Wildman–Crippen MR) is 156 cm³/mol. The summed E-state index contributed by atoms with van der Waals surface area (Å²) in [6.45, 7) is 2.56. The van der Waals surface area contributed by atoms with Gasteiger partial charge in [-0.3, -0.25) is 0 Å². The molecule has 37 heavy (non-hydrogen) atoms. The molecule has 0 saturated carbocycles. The molecular weight excluding hydrogens is 549 g/mol. The van der Waals surface area contributed by atoms with E-state index in [1.165, 1.54) is 23.6 Å². The van der Waals surface area contributed by atoms with Crippen LogP contribution in [0.15, 0.2) is 119 Å². The lowest BCUT2D eigenvalue weighted by atomic mass is 10.0. The number of benzene rings is 4. The number of hydrogen-bond acceptors (Lipinski definition) is 4. The van der Waals surface area contributed by atoms with Crippen LogP contribution in [-0.2, 0) is 0 Å². The lowest BCUT2D eigenvalue weighted by Gasteiger charge is -2.06. The van der Waals surface area contributed by atoms with Crippen molar-refractivity contribution in [2.45, 2.75) is 6.92 Å². The normalized spacial score (nSPS) is 11.5. The molecule has 0 unspecified atom stereocenters. The quantitative estimate of drug-likeness (QED) is 0.181. The van der Waals surface area contributed by atoms with Gasteiger partial charge >= 0.3 is 0 Å². The summed E-state index contributed by atoms with van der Waals surface area (Å²) in [5, 5.41) is 6.66. The second-order valence-electron chi connectivity index (χ2n) is 7.96. The molecule has 0 bridgehead atoms. The van der Waals surface area contributed by atoms with E-state index in [0.29, 0.717) is 17.0 Å². The van der Waals surface area contributed by atoms with Gasteiger partial charge in [0.25, 0.3) is 0 Å². The smallest absolute Gasteiger partial charge is 0.211 e. The Morgan fingerprint density at radius 3 is 2.16 bits per heavy atom. The van der Waals surface area contributed by atoms with E-state index in [-0.39, 0.29) is 22.8 Å². The monoisotopic (exact) mass is 573 g/mol. The highest BCUT2D eigenvalue weighted by Gasteiger charge is 2.09. The molecule has 0 aliphatic rings. The van der Waals surface area contributed by atoms with Gasteiger partial charge in [0.05, 0.1) is 24.2 Å². The van der Waals surface area contributed by atoms with Crippen LogP contribution in [0.3, 0.4) is 0 Å². The van der Waals surface area contributed by atoms with E-state index in [4.69, 9.17) is 9.73 Å². The Labute approximate surface area is 229 Å². The van der Waals surface area contributed by atoms with E-state index in [9.17, 15) is 4.39 Å². The topological polar surface area (TPSA) is 38.9 Å². The first-order chi connectivity index (χ1) is 17.7. The van der Waals surface area contributed by atoms with Crippen molar-refractivity contribution in [1.29, 1.82) is 0 Å². The second-order valence-corrected chi connectivity index (χ2v) is 8.80. The van der Waals surface area contributed by atoms with Crippen LogP contribution in [0.2, 0.25) is 0 Å². The maximum atomic E-state index is 14.3. The van der Waals surface area contributed by atoms with E-state index in [2.05, 4.69) is 41.5 Å². The predicted octanol–water partition coefficient (Wildman–Crippen LogP) is 8.11. The minimum absolute atomic E-state index is 0. The molecule has 5 aromatic rings. The van der Waals surface area contributed by atoms with Crippen molar-refractivity contribution in [2.24, 2.45) is 10.1 Å². The number of nitrogens with zero attached hydrogens (tertiary/aromatic N) is 3. The van der Waals surface area contributed by atoms with Crippen LogP contribution in [0, 0.1) is 5.82 Å². The lowest BCUT2D eigenvalue weighted by Crippen LogP contribution is -2.11. The van der Waals surface area contributed by atoms with E-state index in [1.54, 1.807) is 22.9 Å². The van der Waals surface area contributed by atoms with Crippen LogP contribution < -0.4 is 9.54 Å². The third-order valence-electron chi connectivity index (χ3n) is 5.56. The van der Waals surface area contributed by atoms with Crippen molar-refractivity contribution < 1.29 is 9.13 Å². The van der Waals surface area contributed by atoms with Crippen molar-refractivity contribution in [2.75, 3.05) is 6.61 Å². The van der Waals surface area contributed by atoms with Gasteiger partial charge < -0.3 is 4.74 Å². The zero-order valence-electron chi connectivity index (χ0n) is 20.1. The molecule has 0 aliphatic heterocycles. The number of halogens is 2. The summed E-state index contributed by atoms with van der Waals surface area (Å²) < 4.78 is 21.6. The van der Waals surface area contributed by atoms with Gasteiger partial charge in [0, 0.05) is 16.5 Å². The van der Waals surface area contributed by atoms with Crippen LogP contribution in [-0.4, -0.2) is 17.5 Å².